The van der Waals surface area contributed by atoms with Gasteiger partial charge in [0.15, 0.2) is 5.69 Å². The molecule has 0 spiro atoms. The molecule has 7 heteroatoms. The molecule has 0 saturated carbocycles. The van der Waals surface area contributed by atoms with E-state index in [4.69, 9.17) is 5.73 Å². The van der Waals surface area contributed by atoms with Gasteiger partial charge in [0.25, 0.3) is 11.8 Å². The summed E-state index contributed by atoms with van der Waals surface area (Å²) in [5.74, 6) is -0.0714. The first-order valence-corrected chi connectivity index (χ1v) is 7.60. The number of hydrogen-bond donors (Lipinski definition) is 2. The molecular formula is C13H20N4O2S. The summed E-state index contributed by atoms with van der Waals surface area (Å²) in [6.07, 6.45) is 2.04. The zero-order valence-electron chi connectivity index (χ0n) is 11.8. The molecule has 20 heavy (non-hydrogen) atoms. The van der Waals surface area contributed by atoms with Gasteiger partial charge < -0.3 is 16.0 Å². The third-order valence-corrected chi connectivity index (χ3v) is 4.05. The zero-order valence-corrected chi connectivity index (χ0v) is 12.6. The Morgan fingerprint density at radius 1 is 1.40 bits per heavy atom. The van der Waals surface area contributed by atoms with Crippen LogP contribution in [0.1, 0.15) is 46.8 Å². The summed E-state index contributed by atoms with van der Waals surface area (Å²) in [7, 11) is 0. The van der Waals surface area contributed by atoms with E-state index in [9.17, 15) is 9.59 Å². The Morgan fingerprint density at radius 2 is 2.05 bits per heavy atom. The highest BCUT2D eigenvalue weighted by molar-refractivity contribution is 7.09. The van der Waals surface area contributed by atoms with Crippen LogP contribution in [-0.2, 0) is 0 Å². The van der Waals surface area contributed by atoms with Crippen molar-refractivity contribution in [2.45, 2.75) is 26.7 Å². The predicted octanol–water partition coefficient (Wildman–Crippen LogP) is 1.35. The van der Waals surface area contributed by atoms with Gasteiger partial charge in [0.05, 0.1) is 5.69 Å². The molecule has 3 N–H and O–H groups in total. The minimum atomic E-state index is -0.312. The normalized spacial score (nSPS) is 14.8. The topological polar surface area (TPSA) is 88.3 Å². The first-order valence-electron chi connectivity index (χ1n) is 6.83. The van der Waals surface area contributed by atoms with Gasteiger partial charge in [0.1, 0.15) is 4.88 Å². The van der Waals surface area contributed by atoms with Crippen molar-refractivity contribution < 1.29 is 9.59 Å². The Morgan fingerprint density at radius 3 is 2.65 bits per heavy atom. The van der Waals surface area contributed by atoms with Crippen LogP contribution in [0.4, 0.5) is 5.69 Å². The van der Waals surface area contributed by atoms with Crippen LogP contribution in [-0.4, -0.2) is 40.7 Å². The number of nitrogens with two attached hydrogens (primary N) is 1. The molecule has 2 rings (SSSR count). The summed E-state index contributed by atoms with van der Waals surface area (Å²) >= 11 is 1.01. The Bertz CT molecular complexity index is 506. The van der Waals surface area contributed by atoms with Gasteiger partial charge in [-0.2, -0.15) is 4.37 Å². The van der Waals surface area contributed by atoms with Crippen LogP contribution >= 0.6 is 11.5 Å². The molecule has 2 amide bonds. The molecule has 1 saturated heterocycles. The monoisotopic (exact) mass is 296 g/mol. The molecule has 0 atom stereocenters. The molecule has 110 valence electrons. The van der Waals surface area contributed by atoms with Gasteiger partial charge in [-0.15, -0.1) is 0 Å². The maximum Gasteiger partial charge on any atom is 0.273 e. The van der Waals surface area contributed by atoms with E-state index in [-0.39, 0.29) is 23.2 Å². The smallest absolute Gasteiger partial charge is 0.273 e. The fraction of sp³-hybridized carbons (Fsp3) is 0.615. The third-order valence-electron chi connectivity index (χ3n) is 3.20. The lowest BCUT2D eigenvalue weighted by molar-refractivity contribution is 0.0798. The fourth-order valence-electron chi connectivity index (χ4n) is 2.06. The molecule has 1 aliphatic rings. The van der Waals surface area contributed by atoms with Crippen molar-refractivity contribution in [3.63, 3.8) is 0 Å². The average molecular weight is 296 g/mol. The molecule has 6 nitrogen and oxygen atoms in total. The minimum absolute atomic E-state index is 0.111. The summed E-state index contributed by atoms with van der Waals surface area (Å²) < 4.78 is 4.04. The highest BCUT2D eigenvalue weighted by atomic mass is 32.1. The van der Waals surface area contributed by atoms with Gasteiger partial charge in [-0.3, -0.25) is 9.59 Å². The Balaban J connectivity index is 2.10. The van der Waals surface area contributed by atoms with E-state index < -0.39 is 0 Å². The Hall–Kier alpha value is -1.63. The number of anilines is 1. The van der Waals surface area contributed by atoms with Gasteiger partial charge >= 0.3 is 0 Å². The number of carbonyl (C=O) groups is 2. The number of carbonyl (C=O) groups excluding carboxylic acids is 2. The standard InChI is InChI=1S/C13H20N4O2S/c1-8(2)7-15-12(18)10-9(14)11(20-16-10)13(19)17-5-3-4-6-17/h8H,3-7,14H2,1-2H3,(H,15,18). The first-order chi connectivity index (χ1) is 9.50. The van der Waals surface area contributed by atoms with E-state index in [2.05, 4.69) is 9.69 Å². The molecule has 0 aromatic carbocycles. The van der Waals surface area contributed by atoms with Crippen molar-refractivity contribution in [3.8, 4) is 0 Å². The molecule has 2 heterocycles. The van der Waals surface area contributed by atoms with E-state index in [1.807, 2.05) is 13.8 Å². The molecule has 1 aliphatic heterocycles. The largest absolute Gasteiger partial charge is 0.395 e. The van der Waals surface area contributed by atoms with Crippen LogP contribution in [0.2, 0.25) is 0 Å². The summed E-state index contributed by atoms with van der Waals surface area (Å²) in [6, 6.07) is 0. The highest BCUT2D eigenvalue weighted by Crippen LogP contribution is 2.25. The van der Waals surface area contributed by atoms with E-state index in [1.54, 1.807) is 4.90 Å². The van der Waals surface area contributed by atoms with Crippen molar-refractivity contribution in [1.29, 1.82) is 0 Å². The Labute approximate surface area is 122 Å². The Kier molecular flexibility index (Phi) is 4.59. The number of amides is 2. The molecule has 0 bridgehead atoms. The van der Waals surface area contributed by atoms with E-state index >= 15 is 0 Å². The lowest BCUT2D eigenvalue weighted by Gasteiger charge is -2.13. The summed E-state index contributed by atoms with van der Waals surface area (Å²) in [5, 5.41) is 2.76. The van der Waals surface area contributed by atoms with Crippen LogP contribution in [0.5, 0.6) is 0 Å². The summed E-state index contributed by atoms with van der Waals surface area (Å²) in [4.78, 5) is 26.3. The maximum atomic E-state index is 12.3. The summed E-state index contributed by atoms with van der Waals surface area (Å²) in [5.41, 5.74) is 6.29. The molecular weight excluding hydrogens is 276 g/mol. The van der Waals surface area contributed by atoms with E-state index in [1.165, 1.54) is 0 Å². The van der Waals surface area contributed by atoms with Crippen LogP contribution in [0, 0.1) is 5.92 Å². The van der Waals surface area contributed by atoms with Gasteiger partial charge in [-0.25, -0.2) is 0 Å². The fourth-order valence-corrected chi connectivity index (χ4v) is 2.83. The van der Waals surface area contributed by atoms with Crippen LogP contribution in [0.25, 0.3) is 0 Å². The zero-order chi connectivity index (χ0) is 14.7. The van der Waals surface area contributed by atoms with Crippen LogP contribution < -0.4 is 11.1 Å². The number of nitrogens with zero attached hydrogens (tertiary/aromatic N) is 2. The molecule has 0 radical (unpaired) electrons. The molecule has 1 fully saturated rings. The maximum absolute atomic E-state index is 12.3. The lowest BCUT2D eigenvalue weighted by atomic mass is 10.2. The van der Waals surface area contributed by atoms with Crippen molar-refractivity contribution in [2.24, 2.45) is 5.92 Å². The quantitative estimate of drug-likeness (QED) is 0.877. The molecule has 0 aliphatic carbocycles. The number of nitrogens with one attached hydrogen (secondary N) is 1. The lowest BCUT2D eigenvalue weighted by Crippen LogP contribution is -2.29. The highest BCUT2D eigenvalue weighted by Gasteiger charge is 2.27. The number of nitrogen functional groups attached to an aromatic ring is 1. The van der Waals surface area contributed by atoms with Gasteiger partial charge in [-0.1, -0.05) is 13.8 Å². The molecule has 1 aromatic heterocycles. The summed E-state index contributed by atoms with van der Waals surface area (Å²) in [6.45, 7) is 6.08. The van der Waals surface area contributed by atoms with Crippen LogP contribution in [0.3, 0.4) is 0 Å². The number of hydrogen-bond acceptors (Lipinski definition) is 5. The van der Waals surface area contributed by atoms with Crippen molar-refractivity contribution in [1.82, 2.24) is 14.6 Å². The van der Waals surface area contributed by atoms with Gasteiger partial charge in [0.2, 0.25) is 0 Å². The van der Waals surface area contributed by atoms with Crippen molar-refractivity contribution >= 4 is 29.0 Å². The molecule has 1 aromatic rings. The van der Waals surface area contributed by atoms with Crippen LogP contribution in [0.15, 0.2) is 0 Å². The second kappa shape index (κ2) is 6.21. The second-order valence-corrected chi connectivity index (χ2v) is 6.15. The van der Waals surface area contributed by atoms with Crippen molar-refractivity contribution in [2.75, 3.05) is 25.4 Å². The van der Waals surface area contributed by atoms with Crippen molar-refractivity contribution in [3.05, 3.63) is 10.6 Å². The first kappa shape index (κ1) is 14.8. The van der Waals surface area contributed by atoms with Gasteiger partial charge in [0, 0.05) is 19.6 Å². The predicted molar refractivity (Wildman–Crippen MR) is 78.8 cm³/mol. The SMILES string of the molecule is CC(C)CNC(=O)c1nsc(C(=O)N2CCCC2)c1N. The number of likely N-dealkylation sites (tertiary alicyclic amines) is 1. The molecule has 0 unspecified atom stereocenters. The van der Waals surface area contributed by atoms with E-state index in [0.29, 0.717) is 17.3 Å². The number of rotatable bonds is 4. The van der Waals surface area contributed by atoms with Gasteiger partial charge in [-0.05, 0) is 30.3 Å². The number of aromatic nitrogens is 1. The third kappa shape index (κ3) is 3.09. The minimum Gasteiger partial charge on any atom is -0.395 e. The average Bonchev–Trinajstić information content (AvgIpc) is 3.04. The van der Waals surface area contributed by atoms with E-state index in [0.717, 1.165) is 37.5 Å². The second-order valence-electron chi connectivity index (χ2n) is 5.38.